The van der Waals surface area contributed by atoms with E-state index in [-0.39, 0.29) is 24.6 Å². The molecule has 1 saturated heterocycles. The number of nitrogens with one attached hydrogen (secondary N) is 2. The van der Waals surface area contributed by atoms with Gasteiger partial charge in [-0.3, -0.25) is 9.78 Å². The smallest absolute Gasteiger partial charge is 0.409 e. The van der Waals surface area contributed by atoms with Crippen molar-refractivity contribution in [2.75, 3.05) is 40.3 Å². The lowest BCUT2D eigenvalue weighted by molar-refractivity contribution is -0.127. The predicted molar refractivity (Wildman–Crippen MR) is 107 cm³/mol. The van der Waals surface area contributed by atoms with Gasteiger partial charge < -0.3 is 25.2 Å². The highest BCUT2D eigenvalue weighted by atomic mass is 16.6. The van der Waals surface area contributed by atoms with Crippen molar-refractivity contribution in [2.24, 2.45) is 4.99 Å². The van der Waals surface area contributed by atoms with Crippen LogP contribution in [0.25, 0.3) is 0 Å². The van der Waals surface area contributed by atoms with E-state index in [2.05, 4.69) is 20.6 Å². The van der Waals surface area contributed by atoms with Gasteiger partial charge in [0.25, 0.3) is 0 Å². The zero-order valence-corrected chi connectivity index (χ0v) is 16.9. The van der Waals surface area contributed by atoms with Crippen LogP contribution in [-0.2, 0) is 16.1 Å². The number of likely N-dealkylation sites (tertiary alicyclic amines) is 1. The van der Waals surface area contributed by atoms with E-state index in [1.807, 2.05) is 18.2 Å². The number of rotatable bonds is 6. The summed E-state index contributed by atoms with van der Waals surface area (Å²) in [6.07, 6.45) is 3.03. The minimum Gasteiger partial charge on any atom is -0.450 e. The van der Waals surface area contributed by atoms with Crippen molar-refractivity contribution in [2.45, 2.75) is 32.4 Å². The molecule has 1 aromatic rings. The molecular formula is C19H30N6O3. The molecule has 1 aliphatic rings. The van der Waals surface area contributed by atoms with Crippen LogP contribution in [0.5, 0.6) is 0 Å². The quantitative estimate of drug-likeness (QED) is 0.551. The molecule has 2 N–H and O–H groups in total. The first-order valence-electron chi connectivity index (χ1n) is 9.56. The van der Waals surface area contributed by atoms with Crippen molar-refractivity contribution in [3.63, 3.8) is 0 Å². The van der Waals surface area contributed by atoms with Gasteiger partial charge >= 0.3 is 6.09 Å². The van der Waals surface area contributed by atoms with Crippen LogP contribution in [-0.4, -0.2) is 79.1 Å². The fourth-order valence-corrected chi connectivity index (χ4v) is 2.74. The van der Waals surface area contributed by atoms with E-state index in [4.69, 9.17) is 4.74 Å². The summed E-state index contributed by atoms with van der Waals surface area (Å²) in [7, 11) is 3.43. The van der Waals surface area contributed by atoms with Gasteiger partial charge in [0, 0.05) is 39.4 Å². The average molecular weight is 390 g/mol. The van der Waals surface area contributed by atoms with Crippen LogP contribution in [0.2, 0.25) is 0 Å². The third-order valence-corrected chi connectivity index (χ3v) is 4.39. The Morgan fingerprint density at radius 1 is 1.32 bits per heavy atom. The molecule has 1 aliphatic heterocycles. The number of likely N-dealkylation sites (N-methyl/N-ethyl adjacent to an activating group) is 1. The minimum absolute atomic E-state index is 0.0375. The molecule has 2 amide bonds. The van der Waals surface area contributed by atoms with Gasteiger partial charge in [0.05, 0.1) is 25.4 Å². The largest absolute Gasteiger partial charge is 0.450 e. The first-order valence-corrected chi connectivity index (χ1v) is 9.56. The van der Waals surface area contributed by atoms with E-state index in [9.17, 15) is 9.59 Å². The number of piperidine rings is 1. The minimum atomic E-state index is -0.264. The van der Waals surface area contributed by atoms with E-state index < -0.39 is 0 Å². The SMILES string of the molecule is CCOC(=O)N1CCC(NC(=NCc2ccccn2)NCC(=O)N(C)C)CC1. The predicted octanol–water partition coefficient (Wildman–Crippen LogP) is 0.826. The molecule has 1 fully saturated rings. The van der Waals surface area contributed by atoms with Crippen molar-refractivity contribution in [3.05, 3.63) is 30.1 Å². The third kappa shape index (κ3) is 7.05. The van der Waals surface area contributed by atoms with E-state index >= 15 is 0 Å². The molecular weight excluding hydrogens is 360 g/mol. The molecule has 2 heterocycles. The number of aliphatic imine (C=N–C) groups is 1. The average Bonchev–Trinajstić information content (AvgIpc) is 2.71. The molecule has 28 heavy (non-hydrogen) atoms. The van der Waals surface area contributed by atoms with E-state index in [1.54, 1.807) is 32.1 Å². The Morgan fingerprint density at radius 2 is 2.07 bits per heavy atom. The number of aromatic nitrogens is 1. The van der Waals surface area contributed by atoms with Gasteiger partial charge in [-0.2, -0.15) is 0 Å². The number of nitrogens with zero attached hydrogens (tertiary/aromatic N) is 4. The molecule has 0 saturated carbocycles. The maximum Gasteiger partial charge on any atom is 0.409 e. The standard InChI is InChI=1S/C19H30N6O3/c1-4-28-19(27)25-11-8-15(9-12-25)23-18(22-14-17(26)24(2)3)21-13-16-7-5-6-10-20-16/h5-7,10,15H,4,8-9,11-14H2,1-3H3,(H2,21,22,23). The third-order valence-electron chi connectivity index (χ3n) is 4.39. The molecule has 0 aliphatic carbocycles. The number of carbonyl (C=O) groups is 2. The van der Waals surface area contributed by atoms with Crippen molar-refractivity contribution < 1.29 is 14.3 Å². The summed E-state index contributed by atoms with van der Waals surface area (Å²) in [6.45, 7) is 4.00. The van der Waals surface area contributed by atoms with Crippen molar-refractivity contribution >= 4 is 18.0 Å². The van der Waals surface area contributed by atoms with Crippen molar-refractivity contribution in [3.8, 4) is 0 Å². The highest BCUT2D eigenvalue weighted by molar-refractivity contribution is 5.86. The summed E-state index contributed by atoms with van der Waals surface area (Å²) in [4.78, 5) is 35.8. The maximum absolute atomic E-state index is 11.9. The molecule has 9 nitrogen and oxygen atoms in total. The van der Waals surface area contributed by atoms with Crippen molar-refractivity contribution in [1.82, 2.24) is 25.4 Å². The van der Waals surface area contributed by atoms with Gasteiger partial charge in [0.15, 0.2) is 5.96 Å². The van der Waals surface area contributed by atoms with Gasteiger partial charge in [0.2, 0.25) is 5.91 Å². The second kappa shape index (κ2) is 11.1. The Balaban J connectivity index is 1.93. The molecule has 0 bridgehead atoms. The number of ether oxygens (including phenoxy) is 1. The van der Waals surface area contributed by atoms with Gasteiger partial charge in [-0.15, -0.1) is 0 Å². The Labute approximate surface area is 166 Å². The molecule has 154 valence electrons. The number of amides is 2. The monoisotopic (exact) mass is 390 g/mol. The Hall–Kier alpha value is -2.84. The molecule has 0 unspecified atom stereocenters. The zero-order valence-electron chi connectivity index (χ0n) is 16.9. The molecule has 0 atom stereocenters. The topological polar surface area (TPSA) is 99.2 Å². The van der Waals surface area contributed by atoms with Crippen LogP contribution in [0.4, 0.5) is 4.79 Å². The molecule has 0 aromatic carbocycles. The van der Waals surface area contributed by atoms with Crippen molar-refractivity contribution in [1.29, 1.82) is 0 Å². The fraction of sp³-hybridized carbons (Fsp3) is 0.579. The lowest BCUT2D eigenvalue weighted by Gasteiger charge is -2.32. The van der Waals surface area contributed by atoms with Gasteiger partial charge in [-0.05, 0) is 31.9 Å². The summed E-state index contributed by atoms with van der Waals surface area (Å²) in [5.41, 5.74) is 0.847. The van der Waals surface area contributed by atoms with Crippen LogP contribution in [0.3, 0.4) is 0 Å². The summed E-state index contributed by atoms with van der Waals surface area (Å²) in [5, 5.41) is 6.46. The van der Waals surface area contributed by atoms with E-state index in [1.165, 1.54) is 4.90 Å². The summed E-state index contributed by atoms with van der Waals surface area (Å²) in [5.74, 6) is 0.528. The molecule has 0 radical (unpaired) electrons. The number of hydrogen-bond donors (Lipinski definition) is 2. The summed E-state index contributed by atoms with van der Waals surface area (Å²) >= 11 is 0. The van der Waals surface area contributed by atoms with E-state index in [0.717, 1.165) is 18.5 Å². The number of guanidine groups is 1. The lowest BCUT2D eigenvalue weighted by atomic mass is 10.1. The van der Waals surface area contributed by atoms with E-state index in [0.29, 0.717) is 32.2 Å². The Kier molecular flexibility index (Phi) is 8.51. The van der Waals surface area contributed by atoms with Crippen LogP contribution in [0.1, 0.15) is 25.5 Å². The highest BCUT2D eigenvalue weighted by Gasteiger charge is 2.24. The van der Waals surface area contributed by atoms with Crippen LogP contribution < -0.4 is 10.6 Å². The van der Waals surface area contributed by atoms with Crippen LogP contribution in [0, 0.1) is 0 Å². The summed E-state index contributed by atoms with van der Waals surface area (Å²) < 4.78 is 5.05. The number of carbonyl (C=O) groups excluding carboxylic acids is 2. The number of pyridine rings is 1. The second-order valence-corrected chi connectivity index (χ2v) is 6.73. The van der Waals surface area contributed by atoms with Gasteiger partial charge in [-0.25, -0.2) is 9.79 Å². The summed E-state index contributed by atoms with van der Waals surface area (Å²) in [6, 6.07) is 5.84. The Morgan fingerprint density at radius 3 is 2.68 bits per heavy atom. The van der Waals surface area contributed by atoms with Gasteiger partial charge in [-0.1, -0.05) is 6.07 Å². The highest BCUT2D eigenvalue weighted by Crippen LogP contribution is 2.11. The molecule has 9 heteroatoms. The molecule has 2 rings (SSSR count). The normalized spacial score (nSPS) is 15.1. The lowest BCUT2D eigenvalue weighted by Crippen LogP contribution is -2.51. The maximum atomic E-state index is 11.9. The molecule has 1 aromatic heterocycles. The molecule has 0 spiro atoms. The first-order chi connectivity index (χ1) is 13.5. The number of hydrogen-bond acceptors (Lipinski definition) is 5. The van der Waals surface area contributed by atoms with Gasteiger partial charge in [0.1, 0.15) is 0 Å². The van der Waals surface area contributed by atoms with Crippen LogP contribution in [0.15, 0.2) is 29.4 Å². The second-order valence-electron chi connectivity index (χ2n) is 6.73. The Bertz CT molecular complexity index is 657. The fourth-order valence-electron chi connectivity index (χ4n) is 2.74. The first kappa shape index (κ1) is 21.5. The zero-order chi connectivity index (χ0) is 20.4. The van der Waals surface area contributed by atoms with Crippen LogP contribution >= 0.6 is 0 Å².